The Morgan fingerprint density at radius 1 is 1.33 bits per heavy atom. The molecule has 0 aliphatic heterocycles. The summed E-state index contributed by atoms with van der Waals surface area (Å²) in [4.78, 5) is 22.7. The number of carbonyl (C=O) groups is 1. The number of hydrogen-bond donors (Lipinski definition) is 3. The van der Waals surface area contributed by atoms with Gasteiger partial charge in [-0.3, -0.25) is 4.79 Å². The van der Waals surface area contributed by atoms with Crippen LogP contribution in [0.15, 0.2) is 0 Å². The van der Waals surface area contributed by atoms with Gasteiger partial charge in [0.1, 0.15) is 17.5 Å². The molecule has 7 heteroatoms. The van der Waals surface area contributed by atoms with Crippen molar-refractivity contribution < 1.29 is 4.79 Å². The monoisotopic (exact) mass is 294 g/mol. The summed E-state index contributed by atoms with van der Waals surface area (Å²) in [5.74, 6) is 7.50. The van der Waals surface area contributed by atoms with E-state index in [4.69, 9.17) is 5.84 Å². The van der Waals surface area contributed by atoms with Crippen LogP contribution in [-0.4, -0.2) is 36.0 Å². The van der Waals surface area contributed by atoms with Crippen LogP contribution in [0.5, 0.6) is 0 Å². The quantitative estimate of drug-likeness (QED) is 0.552. The number of hydrazine groups is 1. The average Bonchev–Trinajstić information content (AvgIpc) is 2.43. The molecule has 0 aliphatic rings. The molecule has 0 saturated carbocycles. The van der Waals surface area contributed by atoms with Crippen molar-refractivity contribution in [2.24, 2.45) is 5.84 Å². The van der Waals surface area contributed by atoms with Gasteiger partial charge in [0.15, 0.2) is 0 Å². The number of nitrogen functional groups attached to an aromatic ring is 1. The third-order valence-electron chi connectivity index (χ3n) is 3.22. The lowest BCUT2D eigenvalue weighted by Gasteiger charge is -2.26. The first-order valence-corrected chi connectivity index (χ1v) is 7.05. The molecule has 4 N–H and O–H groups in total. The molecule has 0 spiro atoms. The Labute approximate surface area is 126 Å². The van der Waals surface area contributed by atoms with Gasteiger partial charge >= 0.3 is 0 Å². The summed E-state index contributed by atoms with van der Waals surface area (Å²) in [6.07, 6.45) is 0. The van der Waals surface area contributed by atoms with Gasteiger partial charge in [-0.2, -0.15) is 0 Å². The maximum atomic E-state index is 11.7. The molecule has 0 aromatic carbocycles. The molecule has 0 aliphatic carbocycles. The van der Waals surface area contributed by atoms with Gasteiger partial charge in [0, 0.05) is 24.6 Å². The standard InChI is InChI=1S/C14H26N6O/c1-7-20(8-10(21)16-6)12-9(2)11(19-15)17-13(18-12)14(3,4)5/h7-8,15H2,1-6H3,(H,16,21)(H,17,18,19). The summed E-state index contributed by atoms with van der Waals surface area (Å²) in [6, 6.07) is 0. The number of aromatic nitrogens is 2. The number of anilines is 2. The number of amides is 1. The second-order valence-electron chi connectivity index (χ2n) is 5.93. The molecule has 1 aromatic rings. The predicted octanol–water partition coefficient (Wildman–Crippen LogP) is 0.940. The number of hydrogen-bond acceptors (Lipinski definition) is 6. The van der Waals surface area contributed by atoms with Gasteiger partial charge in [-0.15, -0.1) is 0 Å². The van der Waals surface area contributed by atoms with Gasteiger partial charge in [0.25, 0.3) is 0 Å². The van der Waals surface area contributed by atoms with Crippen LogP contribution in [0.1, 0.15) is 39.1 Å². The first-order chi connectivity index (χ1) is 9.74. The summed E-state index contributed by atoms with van der Waals surface area (Å²) >= 11 is 0. The fourth-order valence-electron chi connectivity index (χ4n) is 1.88. The second kappa shape index (κ2) is 6.71. The van der Waals surface area contributed by atoms with Crippen molar-refractivity contribution in [3.63, 3.8) is 0 Å². The second-order valence-corrected chi connectivity index (χ2v) is 5.93. The summed E-state index contributed by atoms with van der Waals surface area (Å²) in [7, 11) is 1.62. The first kappa shape index (κ1) is 17.2. The molecule has 0 fully saturated rings. The predicted molar refractivity (Wildman–Crippen MR) is 85.2 cm³/mol. The number of rotatable bonds is 5. The van der Waals surface area contributed by atoms with Crippen LogP contribution in [-0.2, 0) is 10.2 Å². The van der Waals surface area contributed by atoms with Crippen LogP contribution in [0, 0.1) is 6.92 Å². The minimum Gasteiger partial charge on any atom is -0.358 e. The van der Waals surface area contributed by atoms with Gasteiger partial charge in [-0.25, -0.2) is 15.8 Å². The van der Waals surface area contributed by atoms with Gasteiger partial charge in [0.05, 0.1) is 6.54 Å². The van der Waals surface area contributed by atoms with E-state index < -0.39 is 0 Å². The van der Waals surface area contributed by atoms with Crippen molar-refractivity contribution >= 4 is 17.5 Å². The molecule has 118 valence electrons. The molecule has 1 aromatic heterocycles. The van der Waals surface area contributed by atoms with E-state index in [9.17, 15) is 4.79 Å². The van der Waals surface area contributed by atoms with Crippen molar-refractivity contribution in [2.45, 2.75) is 40.0 Å². The van der Waals surface area contributed by atoms with Crippen LogP contribution < -0.4 is 21.5 Å². The largest absolute Gasteiger partial charge is 0.358 e. The van der Waals surface area contributed by atoms with E-state index in [1.54, 1.807) is 7.05 Å². The fraction of sp³-hybridized carbons (Fsp3) is 0.643. The smallest absolute Gasteiger partial charge is 0.239 e. The number of nitrogens with one attached hydrogen (secondary N) is 2. The Kier molecular flexibility index (Phi) is 5.48. The van der Waals surface area contributed by atoms with Crippen LogP contribution in [0.25, 0.3) is 0 Å². The molecule has 0 saturated heterocycles. The third-order valence-corrected chi connectivity index (χ3v) is 3.22. The lowest BCUT2D eigenvalue weighted by molar-refractivity contribution is -0.119. The fourth-order valence-corrected chi connectivity index (χ4v) is 1.88. The van der Waals surface area contributed by atoms with E-state index in [1.165, 1.54) is 0 Å². The molecule has 7 nitrogen and oxygen atoms in total. The van der Waals surface area contributed by atoms with E-state index in [0.717, 1.165) is 11.4 Å². The highest BCUT2D eigenvalue weighted by Crippen LogP contribution is 2.27. The molecule has 0 bridgehead atoms. The zero-order valence-corrected chi connectivity index (χ0v) is 13.7. The lowest BCUT2D eigenvalue weighted by atomic mass is 9.95. The van der Waals surface area contributed by atoms with Crippen molar-refractivity contribution in [1.82, 2.24) is 15.3 Å². The highest BCUT2D eigenvalue weighted by atomic mass is 16.1. The summed E-state index contributed by atoms with van der Waals surface area (Å²) < 4.78 is 0. The van der Waals surface area contributed by atoms with E-state index in [1.807, 2.05) is 39.5 Å². The van der Waals surface area contributed by atoms with Crippen LogP contribution in [0.2, 0.25) is 0 Å². The third kappa shape index (κ3) is 4.04. The molecule has 1 heterocycles. The minimum atomic E-state index is -0.208. The average molecular weight is 294 g/mol. The summed E-state index contributed by atoms with van der Waals surface area (Å²) in [5, 5.41) is 2.63. The molecule has 1 rings (SSSR count). The zero-order chi connectivity index (χ0) is 16.2. The van der Waals surface area contributed by atoms with Crippen molar-refractivity contribution in [2.75, 3.05) is 30.5 Å². The highest BCUT2D eigenvalue weighted by Gasteiger charge is 2.23. The zero-order valence-electron chi connectivity index (χ0n) is 13.7. The van der Waals surface area contributed by atoms with Crippen molar-refractivity contribution in [1.29, 1.82) is 0 Å². The van der Waals surface area contributed by atoms with Gasteiger partial charge in [-0.05, 0) is 13.8 Å². The Balaban J connectivity index is 3.34. The summed E-state index contributed by atoms with van der Waals surface area (Å²) in [5.41, 5.74) is 3.24. The molecule has 0 unspecified atom stereocenters. The number of likely N-dealkylation sites (N-methyl/N-ethyl adjacent to an activating group) is 2. The van der Waals surface area contributed by atoms with Gasteiger partial charge < -0.3 is 15.6 Å². The normalized spacial score (nSPS) is 11.2. The van der Waals surface area contributed by atoms with Crippen LogP contribution in [0.4, 0.5) is 11.6 Å². The van der Waals surface area contributed by atoms with Gasteiger partial charge in [0.2, 0.25) is 5.91 Å². The van der Waals surface area contributed by atoms with Crippen molar-refractivity contribution in [3.05, 3.63) is 11.4 Å². The molecule has 0 atom stereocenters. The maximum Gasteiger partial charge on any atom is 0.239 e. The Bertz CT molecular complexity index is 509. The lowest BCUT2D eigenvalue weighted by Crippen LogP contribution is -2.37. The number of nitrogens with two attached hydrogens (primary N) is 1. The van der Waals surface area contributed by atoms with Crippen molar-refractivity contribution in [3.8, 4) is 0 Å². The van der Waals surface area contributed by atoms with Crippen LogP contribution >= 0.6 is 0 Å². The van der Waals surface area contributed by atoms with E-state index >= 15 is 0 Å². The molecule has 1 amide bonds. The molecular weight excluding hydrogens is 268 g/mol. The molecule has 0 radical (unpaired) electrons. The number of carbonyl (C=O) groups excluding carboxylic acids is 1. The minimum absolute atomic E-state index is 0.0607. The Hall–Kier alpha value is -1.89. The summed E-state index contributed by atoms with van der Waals surface area (Å²) in [6.45, 7) is 10.9. The highest BCUT2D eigenvalue weighted by molar-refractivity contribution is 5.81. The van der Waals surface area contributed by atoms with Gasteiger partial charge in [-0.1, -0.05) is 20.8 Å². The Morgan fingerprint density at radius 3 is 2.38 bits per heavy atom. The van der Waals surface area contributed by atoms with Crippen LogP contribution in [0.3, 0.4) is 0 Å². The van der Waals surface area contributed by atoms with E-state index in [0.29, 0.717) is 18.2 Å². The number of nitrogens with zero attached hydrogens (tertiary/aromatic N) is 3. The topological polar surface area (TPSA) is 96.2 Å². The molecule has 21 heavy (non-hydrogen) atoms. The Morgan fingerprint density at radius 2 is 1.95 bits per heavy atom. The molecular formula is C14H26N6O. The maximum absolute atomic E-state index is 11.7. The SMILES string of the molecule is CCN(CC(=O)NC)c1nc(C(C)(C)C)nc(NN)c1C. The van der Waals surface area contributed by atoms with E-state index in [2.05, 4.69) is 20.7 Å². The van der Waals surface area contributed by atoms with E-state index in [-0.39, 0.29) is 17.9 Å². The first-order valence-electron chi connectivity index (χ1n) is 7.05.